The fraction of sp³-hybridized carbons (Fsp3) is 0.667. The zero-order valence-electron chi connectivity index (χ0n) is 4.28. The number of rotatable bonds is 3. The highest BCUT2D eigenvalue weighted by molar-refractivity contribution is 6.19. The Kier molecular flexibility index (Phi) is 2.94. The van der Waals surface area contributed by atoms with E-state index in [0.29, 0.717) is 0 Å². The maximum Gasteiger partial charge on any atom is 0.380 e. The summed E-state index contributed by atoms with van der Waals surface area (Å²) in [7, 11) is 0. The lowest BCUT2D eigenvalue weighted by molar-refractivity contribution is -0.504. The maximum atomic E-state index is 9.85. The van der Waals surface area contributed by atoms with Crippen LogP contribution in [0.1, 0.15) is 0 Å². The molecule has 0 fully saturated rings. The van der Waals surface area contributed by atoms with Crippen LogP contribution in [0.2, 0.25) is 0 Å². The number of aliphatic carboxylic acids is 1. The van der Waals surface area contributed by atoms with E-state index in [4.69, 9.17) is 16.7 Å². The number of hydrogen-bond acceptors (Lipinski definition) is 3. The summed E-state index contributed by atoms with van der Waals surface area (Å²) in [6.45, 7) is 0. The van der Waals surface area contributed by atoms with E-state index in [1.807, 2.05) is 0 Å². The van der Waals surface area contributed by atoms with E-state index in [1.54, 1.807) is 0 Å². The van der Waals surface area contributed by atoms with E-state index in [-0.39, 0.29) is 0 Å². The van der Waals surface area contributed by atoms with E-state index in [0.717, 1.165) is 0 Å². The van der Waals surface area contributed by atoms with Crippen molar-refractivity contribution < 1.29 is 14.8 Å². The van der Waals surface area contributed by atoms with Gasteiger partial charge >= 0.3 is 12.0 Å². The molecule has 0 bridgehead atoms. The number of hydrogen-bond donors (Lipinski definition) is 1. The number of nitrogens with zero attached hydrogens (tertiary/aromatic N) is 1. The highest BCUT2D eigenvalue weighted by Gasteiger charge is 2.27. The topological polar surface area (TPSA) is 80.4 Å². The van der Waals surface area contributed by atoms with Crippen LogP contribution < -0.4 is 0 Å². The summed E-state index contributed by atoms with van der Waals surface area (Å²) in [4.78, 5) is 18.6. The molecule has 1 N–H and O–H groups in total. The van der Waals surface area contributed by atoms with Crippen LogP contribution in [-0.2, 0) is 4.79 Å². The van der Waals surface area contributed by atoms with E-state index >= 15 is 0 Å². The van der Waals surface area contributed by atoms with Gasteiger partial charge in [0.15, 0.2) is 0 Å². The van der Waals surface area contributed by atoms with E-state index in [9.17, 15) is 14.9 Å². The van der Waals surface area contributed by atoms with Gasteiger partial charge in [-0.25, -0.2) is 4.79 Å². The molecule has 0 saturated heterocycles. The van der Waals surface area contributed by atoms with E-state index in [1.165, 1.54) is 0 Å². The Morgan fingerprint density at radius 3 is 2.33 bits per heavy atom. The van der Waals surface area contributed by atoms with Crippen LogP contribution in [0.3, 0.4) is 0 Å². The summed E-state index contributed by atoms with van der Waals surface area (Å²) < 4.78 is 0. The third-order valence-electron chi connectivity index (χ3n) is 0.686. The van der Waals surface area contributed by atoms with Gasteiger partial charge in [-0.15, -0.1) is 11.6 Å². The standard InChI is InChI=1S/C3H4ClNO4/c4-1-2(3(6)7)5(8)9/h2H,1H2,(H,6,7). The van der Waals surface area contributed by atoms with Gasteiger partial charge in [-0.1, -0.05) is 0 Å². The van der Waals surface area contributed by atoms with Gasteiger partial charge in [-0.05, 0) is 0 Å². The molecule has 6 heteroatoms. The second-order valence-corrected chi connectivity index (χ2v) is 1.60. The lowest BCUT2D eigenvalue weighted by Gasteiger charge is -1.96. The average Bonchev–Trinajstić information content (AvgIpc) is 1.64. The van der Waals surface area contributed by atoms with Crippen LogP contribution in [0.5, 0.6) is 0 Å². The van der Waals surface area contributed by atoms with Crippen molar-refractivity contribution in [2.75, 3.05) is 5.88 Å². The van der Waals surface area contributed by atoms with E-state index < -0.39 is 22.8 Å². The third kappa shape index (κ3) is 2.27. The zero-order chi connectivity index (χ0) is 7.44. The number of halogens is 1. The van der Waals surface area contributed by atoms with Crippen molar-refractivity contribution in [2.24, 2.45) is 0 Å². The molecule has 0 heterocycles. The van der Waals surface area contributed by atoms with Crippen molar-refractivity contribution in [3.8, 4) is 0 Å². The Balaban J connectivity index is 3.99. The second-order valence-electron chi connectivity index (χ2n) is 1.29. The molecule has 9 heavy (non-hydrogen) atoms. The molecule has 1 atom stereocenters. The van der Waals surface area contributed by atoms with Gasteiger partial charge in [-0.3, -0.25) is 10.1 Å². The molecule has 0 saturated carbocycles. The summed E-state index contributed by atoms with van der Waals surface area (Å²) >= 11 is 4.94. The van der Waals surface area contributed by atoms with Crippen LogP contribution in [0.25, 0.3) is 0 Å². The minimum atomic E-state index is -1.67. The van der Waals surface area contributed by atoms with Gasteiger partial charge in [0, 0.05) is 4.92 Å². The summed E-state index contributed by atoms with van der Waals surface area (Å²) in [5.41, 5.74) is 0. The number of alkyl halides is 1. The van der Waals surface area contributed by atoms with Crippen LogP contribution in [0, 0.1) is 10.1 Å². The maximum absolute atomic E-state index is 9.85. The third-order valence-corrected chi connectivity index (χ3v) is 0.978. The normalized spacial score (nSPS) is 12.6. The monoisotopic (exact) mass is 153 g/mol. The number of carbonyl (C=O) groups is 1. The fourth-order valence-corrected chi connectivity index (χ4v) is 0.457. The molecule has 1 unspecified atom stereocenters. The first kappa shape index (κ1) is 8.16. The van der Waals surface area contributed by atoms with Crippen LogP contribution in [-0.4, -0.2) is 27.9 Å². The van der Waals surface area contributed by atoms with Crippen molar-refractivity contribution in [2.45, 2.75) is 6.04 Å². The molecule has 0 aromatic carbocycles. The number of carboxylic acids is 1. The van der Waals surface area contributed by atoms with Crippen molar-refractivity contribution in [1.29, 1.82) is 0 Å². The molecule has 0 radical (unpaired) electrons. The average molecular weight is 154 g/mol. The molecule has 0 aromatic rings. The number of nitro groups is 1. The highest BCUT2D eigenvalue weighted by atomic mass is 35.5. The highest BCUT2D eigenvalue weighted by Crippen LogP contribution is 1.92. The molecule has 0 amide bonds. The lowest BCUT2D eigenvalue weighted by Crippen LogP contribution is -2.30. The molecule has 52 valence electrons. The van der Waals surface area contributed by atoms with Gasteiger partial charge in [0.25, 0.3) is 0 Å². The smallest absolute Gasteiger partial charge is 0.380 e. The summed E-state index contributed by atoms with van der Waals surface area (Å²) in [6, 6.07) is -1.67. The van der Waals surface area contributed by atoms with Crippen molar-refractivity contribution in [3.05, 3.63) is 10.1 Å². The first-order chi connectivity index (χ1) is 4.09. The van der Waals surface area contributed by atoms with E-state index in [2.05, 4.69) is 0 Å². The van der Waals surface area contributed by atoms with Crippen LogP contribution >= 0.6 is 11.6 Å². The SMILES string of the molecule is O=C(O)C(CCl)[N+](=O)[O-]. The number of carboxylic acid groups (broad SMARTS) is 1. The van der Waals surface area contributed by atoms with Crippen LogP contribution in [0.4, 0.5) is 0 Å². The summed E-state index contributed by atoms with van der Waals surface area (Å²) in [6.07, 6.45) is 0. The van der Waals surface area contributed by atoms with Crippen LogP contribution in [0.15, 0.2) is 0 Å². The van der Waals surface area contributed by atoms with Gasteiger partial charge in [0.05, 0.1) is 0 Å². The summed E-state index contributed by atoms with van der Waals surface area (Å²) in [5, 5.41) is 17.7. The zero-order valence-corrected chi connectivity index (χ0v) is 5.04. The fourth-order valence-electron chi connectivity index (χ4n) is 0.213. The Morgan fingerprint density at radius 1 is 1.89 bits per heavy atom. The Hall–Kier alpha value is -0.840. The summed E-state index contributed by atoms with van der Waals surface area (Å²) in [5.74, 6) is -2.00. The van der Waals surface area contributed by atoms with Gasteiger partial charge in [-0.2, -0.15) is 0 Å². The van der Waals surface area contributed by atoms with Gasteiger partial charge in [0.1, 0.15) is 5.88 Å². The van der Waals surface area contributed by atoms with Gasteiger partial charge in [0.2, 0.25) is 0 Å². The first-order valence-corrected chi connectivity index (χ1v) is 2.55. The molecule has 0 spiro atoms. The quantitative estimate of drug-likeness (QED) is 0.350. The molecule has 0 aromatic heterocycles. The molecule has 0 rings (SSSR count). The molecular formula is C3H4ClNO4. The van der Waals surface area contributed by atoms with Crippen molar-refractivity contribution in [3.63, 3.8) is 0 Å². The second kappa shape index (κ2) is 3.24. The molecular weight excluding hydrogens is 149 g/mol. The Morgan fingerprint density at radius 2 is 2.33 bits per heavy atom. The molecule has 0 aliphatic rings. The molecule has 0 aliphatic carbocycles. The predicted molar refractivity (Wildman–Crippen MR) is 29.1 cm³/mol. The minimum absolute atomic E-state index is 0.498. The molecule has 0 aliphatic heterocycles. The lowest BCUT2D eigenvalue weighted by atomic mass is 10.4. The molecule has 5 nitrogen and oxygen atoms in total. The largest absolute Gasteiger partial charge is 0.476 e. The van der Waals surface area contributed by atoms with Crippen molar-refractivity contribution >= 4 is 17.6 Å². The predicted octanol–water partition coefficient (Wildman–Crippen LogP) is -0.0449. The first-order valence-electron chi connectivity index (χ1n) is 2.02. The van der Waals surface area contributed by atoms with Crippen molar-refractivity contribution in [1.82, 2.24) is 0 Å². The Bertz CT molecular complexity index is 122. The van der Waals surface area contributed by atoms with Gasteiger partial charge < -0.3 is 5.11 Å². The minimum Gasteiger partial charge on any atom is -0.476 e. The Labute approximate surface area is 55.4 Å².